The molecule has 5 nitrogen and oxygen atoms in total. The number of benzene rings is 1. The van der Waals surface area contributed by atoms with Crippen molar-refractivity contribution >= 4 is 65.4 Å². The molecule has 0 bridgehead atoms. The number of anilines is 1. The standard InChI is InChI=1S/C16H12BrClN2O3S3/c1-23-9-3-4-10-8(6-9)2-5-12-14(10)19-16(24-12)20-26(21,22)15-11(17)7-13(18)25-15/h3-4,6-7H,2,5H2,1H3,(H,19,20). The molecule has 136 valence electrons. The number of thiazole rings is 1. The van der Waals surface area contributed by atoms with Gasteiger partial charge in [-0.3, -0.25) is 4.72 Å². The van der Waals surface area contributed by atoms with Crippen LogP contribution in [0.5, 0.6) is 5.75 Å². The van der Waals surface area contributed by atoms with E-state index in [0.717, 1.165) is 51.6 Å². The predicted octanol–water partition coefficient (Wildman–Crippen LogP) is 5.20. The van der Waals surface area contributed by atoms with Crippen molar-refractivity contribution in [2.24, 2.45) is 0 Å². The molecule has 0 saturated heterocycles. The number of fused-ring (bicyclic) bond motifs is 3. The van der Waals surface area contributed by atoms with Gasteiger partial charge in [-0.2, -0.15) is 0 Å². The van der Waals surface area contributed by atoms with E-state index in [9.17, 15) is 8.42 Å². The van der Waals surface area contributed by atoms with Gasteiger partial charge in [0.1, 0.15) is 5.75 Å². The van der Waals surface area contributed by atoms with Crippen LogP contribution in [-0.4, -0.2) is 20.5 Å². The Morgan fingerprint density at radius 3 is 2.77 bits per heavy atom. The summed E-state index contributed by atoms with van der Waals surface area (Å²) in [5.41, 5.74) is 3.01. The second kappa shape index (κ2) is 6.79. The first-order valence-electron chi connectivity index (χ1n) is 7.52. The number of aromatic nitrogens is 1. The Kier molecular flexibility index (Phi) is 4.77. The van der Waals surface area contributed by atoms with Gasteiger partial charge in [0.05, 0.1) is 21.6 Å². The van der Waals surface area contributed by atoms with Crippen LogP contribution in [0, 0.1) is 0 Å². The maximum absolute atomic E-state index is 12.6. The number of hydrogen-bond donors (Lipinski definition) is 1. The molecule has 1 N–H and O–H groups in total. The van der Waals surface area contributed by atoms with Crippen molar-refractivity contribution in [3.8, 4) is 17.0 Å². The molecule has 1 aliphatic rings. The molecule has 2 heterocycles. The maximum atomic E-state index is 12.6. The van der Waals surface area contributed by atoms with E-state index in [2.05, 4.69) is 25.6 Å². The van der Waals surface area contributed by atoms with Crippen molar-refractivity contribution in [3.05, 3.63) is 43.5 Å². The average Bonchev–Trinajstić information content (AvgIpc) is 3.16. The second-order valence-corrected chi connectivity index (χ2v) is 11.1. The number of aryl methyl sites for hydroxylation is 2. The summed E-state index contributed by atoms with van der Waals surface area (Å²) >= 11 is 11.5. The number of sulfonamides is 1. The molecule has 0 radical (unpaired) electrons. The number of hydrogen-bond acceptors (Lipinski definition) is 6. The molecule has 0 spiro atoms. The lowest BCUT2D eigenvalue weighted by Crippen LogP contribution is -2.11. The first kappa shape index (κ1) is 18.2. The zero-order valence-corrected chi connectivity index (χ0v) is 18.2. The monoisotopic (exact) mass is 490 g/mol. The second-order valence-electron chi connectivity index (χ2n) is 5.61. The molecule has 1 aliphatic carbocycles. The Balaban J connectivity index is 1.69. The van der Waals surface area contributed by atoms with Gasteiger partial charge in [-0.25, -0.2) is 13.4 Å². The van der Waals surface area contributed by atoms with Crippen LogP contribution in [-0.2, 0) is 22.9 Å². The molecule has 0 unspecified atom stereocenters. The fourth-order valence-electron chi connectivity index (χ4n) is 2.83. The van der Waals surface area contributed by atoms with Crippen LogP contribution >= 0.6 is 50.2 Å². The number of ether oxygens (including phenoxy) is 1. The number of halogens is 2. The predicted molar refractivity (Wildman–Crippen MR) is 109 cm³/mol. The quantitative estimate of drug-likeness (QED) is 0.545. The van der Waals surface area contributed by atoms with E-state index in [1.165, 1.54) is 11.3 Å². The number of thiophene rings is 1. The van der Waals surface area contributed by atoms with Gasteiger partial charge in [-0.15, -0.1) is 22.7 Å². The Morgan fingerprint density at radius 2 is 2.08 bits per heavy atom. The van der Waals surface area contributed by atoms with Gasteiger partial charge in [0.15, 0.2) is 9.34 Å². The Bertz CT molecular complexity index is 1110. The van der Waals surface area contributed by atoms with Crippen LogP contribution in [0.15, 0.2) is 32.9 Å². The fourth-order valence-corrected chi connectivity index (χ4v) is 8.05. The van der Waals surface area contributed by atoms with Crippen molar-refractivity contribution < 1.29 is 13.2 Å². The summed E-state index contributed by atoms with van der Waals surface area (Å²) in [5, 5.41) is 0.357. The van der Waals surface area contributed by atoms with Gasteiger partial charge in [0.2, 0.25) is 0 Å². The molecule has 4 rings (SSSR count). The Labute approximate surface area is 172 Å². The van der Waals surface area contributed by atoms with Crippen LogP contribution in [0.4, 0.5) is 5.13 Å². The van der Waals surface area contributed by atoms with Crippen molar-refractivity contribution in [1.29, 1.82) is 0 Å². The van der Waals surface area contributed by atoms with Gasteiger partial charge in [0.25, 0.3) is 10.0 Å². The molecule has 0 saturated carbocycles. The largest absolute Gasteiger partial charge is 0.497 e. The van der Waals surface area contributed by atoms with E-state index in [0.29, 0.717) is 13.9 Å². The minimum Gasteiger partial charge on any atom is -0.497 e. The highest BCUT2D eigenvalue weighted by Crippen LogP contribution is 2.41. The van der Waals surface area contributed by atoms with Gasteiger partial charge < -0.3 is 4.74 Å². The molecule has 0 atom stereocenters. The maximum Gasteiger partial charge on any atom is 0.274 e. The number of nitrogens with one attached hydrogen (secondary N) is 1. The molecule has 10 heteroatoms. The fraction of sp³-hybridized carbons (Fsp3) is 0.188. The first-order valence-corrected chi connectivity index (χ1v) is 11.8. The van der Waals surface area contributed by atoms with Crippen LogP contribution in [0.25, 0.3) is 11.3 Å². The van der Waals surface area contributed by atoms with E-state index < -0.39 is 10.0 Å². The SMILES string of the molecule is COc1ccc2c(c1)CCc1sc(NS(=O)(=O)c3sc(Cl)cc3Br)nc1-2. The highest BCUT2D eigenvalue weighted by Gasteiger charge is 2.26. The van der Waals surface area contributed by atoms with E-state index in [4.69, 9.17) is 16.3 Å². The summed E-state index contributed by atoms with van der Waals surface area (Å²) in [6.07, 6.45) is 1.70. The van der Waals surface area contributed by atoms with Crippen molar-refractivity contribution in [1.82, 2.24) is 4.98 Å². The third-order valence-corrected chi connectivity index (χ3v) is 9.42. The highest BCUT2D eigenvalue weighted by molar-refractivity contribution is 9.10. The summed E-state index contributed by atoms with van der Waals surface area (Å²) in [5.74, 6) is 0.808. The lowest BCUT2D eigenvalue weighted by molar-refractivity contribution is 0.414. The van der Waals surface area contributed by atoms with Crippen molar-refractivity contribution in [3.63, 3.8) is 0 Å². The topological polar surface area (TPSA) is 68.3 Å². The van der Waals surface area contributed by atoms with E-state index in [1.807, 2.05) is 18.2 Å². The third-order valence-electron chi connectivity index (χ3n) is 3.98. The van der Waals surface area contributed by atoms with Crippen molar-refractivity contribution in [2.45, 2.75) is 17.1 Å². The zero-order valence-electron chi connectivity index (χ0n) is 13.4. The lowest BCUT2D eigenvalue weighted by Gasteiger charge is -2.15. The molecule has 2 aromatic heterocycles. The number of methoxy groups -OCH3 is 1. The zero-order chi connectivity index (χ0) is 18.5. The molecule has 3 aromatic rings. The summed E-state index contributed by atoms with van der Waals surface area (Å²) in [4.78, 5) is 5.61. The lowest BCUT2D eigenvalue weighted by atomic mass is 9.93. The van der Waals surface area contributed by atoms with Gasteiger partial charge >= 0.3 is 0 Å². The summed E-state index contributed by atoms with van der Waals surface area (Å²) < 4.78 is 34.1. The normalized spacial score (nSPS) is 13.2. The molecule has 26 heavy (non-hydrogen) atoms. The minimum absolute atomic E-state index is 0.140. The molecule has 0 amide bonds. The average molecular weight is 492 g/mol. The number of rotatable bonds is 4. The number of nitrogens with zero attached hydrogens (tertiary/aromatic N) is 1. The molecule has 0 aliphatic heterocycles. The van der Waals surface area contributed by atoms with Gasteiger partial charge in [0, 0.05) is 10.4 Å². The minimum atomic E-state index is -3.75. The van der Waals surface area contributed by atoms with Gasteiger partial charge in [-0.05, 0) is 58.6 Å². The third kappa shape index (κ3) is 3.27. The summed E-state index contributed by atoms with van der Waals surface area (Å²) in [6.45, 7) is 0. The molecule has 0 fully saturated rings. The Hall–Kier alpha value is -1.13. The van der Waals surface area contributed by atoms with E-state index >= 15 is 0 Å². The van der Waals surface area contributed by atoms with Gasteiger partial charge in [-0.1, -0.05) is 11.6 Å². The van der Waals surface area contributed by atoms with E-state index in [-0.39, 0.29) is 4.21 Å². The van der Waals surface area contributed by atoms with Crippen molar-refractivity contribution in [2.75, 3.05) is 11.8 Å². The first-order chi connectivity index (χ1) is 12.4. The van der Waals surface area contributed by atoms with Crippen LogP contribution in [0.1, 0.15) is 10.4 Å². The van der Waals surface area contributed by atoms with E-state index in [1.54, 1.807) is 13.2 Å². The molecule has 1 aromatic carbocycles. The van der Waals surface area contributed by atoms with Crippen LogP contribution in [0.3, 0.4) is 0 Å². The summed E-state index contributed by atoms with van der Waals surface area (Å²) in [6, 6.07) is 7.44. The Morgan fingerprint density at radius 1 is 1.27 bits per heavy atom. The summed E-state index contributed by atoms with van der Waals surface area (Å²) in [7, 11) is -2.11. The van der Waals surface area contributed by atoms with Crippen LogP contribution < -0.4 is 9.46 Å². The van der Waals surface area contributed by atoms with Crippen LogP contribution in [0.2, 0.25) is 4.34 Å². The smallest absolute Gasteiger partial charge is 0.274 e. The molecular formula is C16H12BrClN2O3S3. The molecular weight excluding hydrogens is 480 g/mol. The highest BCUT2D eigenvalue weighted by atomic mass is 79.9.